The summed E-state index contributed by atoms with van der Waals surface area (Å²) in [6.45, 7) is 0.441. The van der Waals surface area contributed by atoms with Gasteiger partial charge < -0.3 is 9.47 Å². The number of carbonyl (C=O) groups is 1. The van der Waals surface area contributed by atoms with Gasteiger partial charge in [0.05, 0.1) is 18.3 Å². The third kappa shape index (κ3) is 4.87. The molecule has 0 saturated carbocycles. The average molecular weight is 451 g/mol. The van der Waals surface area contributed by atoms with Crippen LogP contribution in [0.2, 0.25) is 5.02 Å². The maximum atomic E-state index is 12.5. The molecular formula is C24H19ClN2O3S. The zero-order chi connectivity index (χ0) is 21.6. The van der Waals surface area contributed by atoms with E-state index in [2.05, 4.69) is 10.5 Å². The summed E-state index contributed by atoms with van der Waals surface area (Å²) in [5.41, 5.74) is 4.36. The van der Waals surface area contributed by atoms with E-state index in [4.69, 9.17) is 21.1 Å². The first-order chi connectivity index (χ1) is 15.2. The first kappa shape index (κ1) is 20.9. The van der Waals surface area contributed by atoms with Crippen molar-refractivity contribution in [3.63, 3.8) is 0 Å². The number of ether oxygens (including phenoxy) is 2. The normalized spacial score (nSPS) is 11.0. The molecule has 0 unspecified atom stereocenters. The Kier molecular flexibility index (Phi) is 6.50. The summed E-state index contributed by atoms with van der Waals surface area (Å²) < 4.78 is 12.2. The fourth-order valence-corrected chi connectivity index (χ4v) is 4.40. The molecule has 0 fully saturated rings. The summed E-state index contributed by atoms with van der Waals surface area (Å²) in [6.07, 6.45) is 1.54. The van der Waals surface area contributed by atoms with Gasteiger partial charge in [-0.3, -0.25) is 4.79 Å². The number of nitrogens with one attached hydrogen (secondary N) is 1. The second-order valence-electron chi connectivity index (χ2n) is 6.63. The van der Waals surface area contributed by atoms with Crippen LogP contribution in [0.4, 0.5) is 0 Å². The smallest absolute Gasteiger partial charge is 0.283 e. The van der Waals surface area contributed by atoms with Crippen molar-refractivity contribution in [3.05, 3.63) is 93.8 Å². The molecule has 3 aromatic carbocycles. The quantitative estimate of drug-likeness (QED) is 0.281. The van der Waals surface area contributed by atoms with Crippen molar-refractivity contribution < 1.29 is 14.3 Å². The van der Waals surface area contributed by atoms with E-state index in [1.807, 2.05) is 66.7 Å². The molecule has 0 radical (unpaired) electrons. The summed E-state index contributed by atoms with van der Waals surface area (Å²) in [6, 6.07) is 23.0. The molecule has 1 heterocycles. The van der Waals surface area contributed by atoms with E-state index in [9.17, 15) is 4.79 Å². The third-order valence-corrected chi connectivity index (χ3v) is 6.22. The standard InChI is InChI=1S/C24H19ClN2O3S/c1-29-20-13-17(11-12-19(20)30-15-16-7-3-2-4-8-16)14-26-27-24(28)23-22(25)18-9-5-6-10-21(18)31-23/h2-14H,15H2,1H3,(H,27,28). The highest BCUT2D eigenvalue weighted by atomic mass is 35.5. The van der Waals surface area contributed by atoms with E-state index < -0.39 is 0 Å². The number of rotatable bonds is 7. The van der Waals surface area contributed by atoms with Gasteiger partial charge in [0.1, 0.15) is 11.5 Å². The summed E-state index contributed by atoms with van der Waals surface area (Å²) in [5, 5.41) is 5.35. The molecule has 1 aromatic heterocycles. The van der Waals surface area contributed by atoms with Gasteiger partial charge >= 0.3 is 0 Å². The Morgan fingerprint density at radius 2 is 1.84 bits per heavy atom. The van der Waals surface area contributed by atoms with Crippen molar-refractivity contribution in [2.24, 2.45) is 5.10 Å². The van der Waals surface area contributed by atoms with Crippen LogP contribution in [0.3, 0.4) is 0 Å². The van der Waals surface area contributed by atoms with E-state index in [1.165, 1.54) is 11.3 Å². The van der Waals surface area contributed by atoms with Gasteiger partial charge in [-0.15, -0.1) is 11.3 Å². The van der Waals surface area contributed by atoms with Gasteiger partial charge in [0, 0.05) is 10.1 Å². The highest BCUT2D eigenvalue weighted by Crippen LogP contribution is 2.35. The molecule has 0 aliphatic rings. The Balaban J connectivity index is 1.42. The number of hydrogen-bond acceptors (Lipinski definition) is 5. The summed E-state index contributed by atoms with van der Waals surface area (Å²) >= 11 is 7.68. The number of nitrogens with zero attached hydrogens (tertiary/aromatic N) is 1. The second kappa shape index (κ2) is 9.64. The predicted molar refractivity (Wildman–Crippen MR) is 126 cm³/mol. The number of fused-ring (bicyclic) bond motifs is 1. The molecule has 0 saturated heterocycles. The maximum Gasteiger partial charge on any atom is 0.283 e. The van der Waals surface area contributed by atoms with Gasteiger partial charge in [-0.1, -0.05) is 60.1 Å². The molecule has 0 bridgehead atoms. The minimum Gasteiger partial charge on any atom is -0.493 e. The van der Waals surface area contributed by atoms with Crippen LogP contribution in [0.1, 0.15) is 20.8 Å². The van der Waals surface area contributed by atoms with Crippen molar-refractivity contribution in [1.29, 1.82) is 0 Å². The molecular weight excluding hydrogens is 432 g/mol. The van der Waals surface area contributed by atoms with Crippen molar-refractivity contribution in [2.75, 3.05) is 7.11 Å². The Hall–Kier alpha value is -3.35. The van der Waals surface area contributed by atoms with Crippen molar-refractivity contribution >= 4 is 45.1 Å². The largest absolute Gasteiger partial charge is 0.493 e. The summed E-state index contributed by atoms with van der Waals surface area (Å²) in [7, 11) is 1.58. The summed E-state index contributed by atoms with van der Waals surface area (Å²) in [5.74, 6) is 0.862. The molecule has 1 N–H and O–H groups in total. The zero-order valence-electron chi connectivity index (χ0n) is 16.7. The topological polar surface area (TPSA) is 59.9 Å². The first-order valence-corrected chi connectivity index (χ1v) is 10.7. The van der Waals surface area contributed by atoms with Crippen LogP contribution in [0, 0.1) is 0 Å². The third-order valence-electron chi connectivity index (χ3n) is 4.55. The molecule has 4 rings (SSSR count). The van der Waals surface area contributed by atoms with E-state index >= 15 is 0 Å². The van der Waals surface area contributed by atoms with Crippen LogP contribution in [-0.2, 0) is 6.61 Å². The lowest BCUT2D eigenvalue weighted by atomic mass is 10.2. The lowest BCUT2D eigenvalue weighted by molar-refractivity contribution is 0.0959. The van der Waals surface area contributed by atoms with Crippen LogP contribution >= 0.6 is 22.9 Å². The summed E-state index contributed by atoms with van der Waals surface area (Å²) in [4.78, 5) is 12.9. The maximum absolute atomic E-state index is 12.5. The predicted octanol–water partition coefficient (Wildman–Crippen LogP) is 5.91. The number of hydrogen-bond donors (Lipinski definition) is 1. The fraction of sp³-hybridized carbons (Fsp3) is 0.0833. The highest BCUT2D eigenvalue weighted by Gasteiger charge is 2.16. The van der Waals surface area contributed by atoms with Gasteiger partial charge in [-0.2, -0.15) is 5.10 Å². The van der Waals surface area contributed by atoms with E-state index in [1.54, 1.807) is 19.4 Å². The van der Waals surface area contributed by atoms with E-state index in [-0.39, 0.29) is 5.91 Å². The Morgan fingerprint density at radius 1 is 1.06 bits per heavy atom. The monoisotopic (exact) mass is 450 g/mol. The van der Waals surface area contributed by atoms with Gasteiger partial charge in [0.15, 0.2) is 11.5 Å². The van der Waals surface area contributed by atoms with Crippen LogP contribution in [0.5, 0.6) is 11.5 Å². The first-order valence-electron chi connectivity index (χ1n) is 9.51. The molecule has 4 aromatic rings. The SMILES string of the molecule is COc1cc(C=NNC(=O)c2sc3ccccc3c2Cl)ccc1OCc1ccccc1. The van der Waals surface area contributed by atoms with E-state index in [0.29, 0.717) is 28.0 Å². The van der Waals surface area contributed by atoms with Gasteiger partial charge in [0.25, 0.3) is 5.91 Å². The van der Waals surface area contributed by atoms with Gasteiger partial charge in [0.2, 0.25) is 0 Å². The van der Waals surface area contributed by atoms with E-state index in [0.717, 1.165) is 21.2 Å². The number of halogens is 1. The number of carbonyl (C=O) groups excluding carboxylic acids is 1. The van der Waals surface area contributed by atoms with Crippen LogP contribution in [0.25, 0.3) is 10.1 Å². The van der Waals surface area contributed by atoms with Gasteiger partial charge in [-0.05, 0) is 35.4 Å². The van der Waals surface area contributed by atoms with Crippen molar-refractivity contribution in [3.8, 4) is 11.5 Å². The minimum absolute atomic E-state index is 0.350. The minimum atomic E-state index is -0.350. The molecule has 0 atom stereocenters. The van der Waals surface area contributed by atoms with Crippen LogP contribution < -0.4 is 14.9 Å². The Morgan fingerprint density at radius 3 is 2.61 bits per heavy atom. The number of methoxy groups -OCH3 is 1. The van der Waals surface area contributed by atoms with Crippen molar-refractivity contribution in [2.45, 2.75) is 6.61 Å². The molecule has 31 heavy (non-hydrogen) atoms. The lowest BCUT2D eigenvalue weighted by Gasteiger charge is -2.11. The molecule has 0 spiro atoms. The molecule has 156 valence electrons. The van der Waals surface area contributed by atoms with Crippen LogP contribution in [0.15, 0.2) is 77.9 Å². The highest BCUT2D eigenvalue weighted by molar-refractivity contribution is 7.21. The van der Waals surface area contributed by atoms with Crippen molar-refractivity contribution in [1.82, 2.24) is 5.43 Å². The molecule has 0 aliphatic heterocycles. The molecule has 5 nitrogen and oxygen atoms in total. The number of hydrazone groups is 1. The molecule has 1 amide bonds. The number of benzene rings is 3. The Bertz CT molecular complexity index is 1240. The fourth-order valence-electron chi connectivity index (χ4n) is 3.00. The number of amides is 1. The molecule has 7 heteroatoms. The molecule has 0 aliphatic carbocycles. The Labute approximate surface area is 188 Å². The zero-order valence-corrected chi connectivity index (χ0v) is 18.2. The second-order valence-corrected chi connectivity index (χ2v) is 8.06. The van der Waals surface area contributed by atoms with Gasteiger partial charge in [-0.25, -0.2) is 5.43 Å². The number of thiophene rings is 1. The lowest BCUT2D eigenvalue weighted by Crippen LogP contribution is -2.16. The van der Waals surface area contributed by atoms with Crippen LogP contribution in [-0.4, -0.2) is 19.2 Å². The average Bonchev–Trinajstić information content (AvgIpc) is 3.15.